The Morgan fingerprint density at radius 2 is 2.54 bits per heavy atom. The standard InChI is InChI=1S/C9H12ClNO2/c1-13-9(12)5-6-2-3-8(11)7(10)4-6/h2,4,8H,3,5,11H2,1H3. The Kier molecular flexibility index (Phi) is 3.51. The molecule has 1 aliphatic rings. The maximum atomic E-state index is 10.9. The van der Waals surface area contributed by atoms with Gasteiger partial charge in [0.15, 0.2) is 0 Å². The Labute approximate surface area is 82.2 Å². The van der Waals surface area contributed by atoms with E-state index in [0.29, 0.717) is 11.5 Å². The van der Waals surface area contributed by atoms with E-state index < -0.39 is 0 Å². The lowest BCUT2D eigenvalue weighted by Crippen LogP contribution is -2.21. The Bertz CT molecular complexity index is 271. The van der Waals surface area contributed by atoms with E-state index in [2.05, 4.69) is 4.74 Å². The number of carbonyl (C=O) groups is 1. The van der Waals surface area contributed by atoms with Gasteiger partial charge in [-0.15, -0.1) is 0 Å². The van der Waals surface area contributed by atoms with Crippen LogP contribution in [0.5, 0.6) is 0 Å². The molecule has 0 radical (unpaired) electrons. The zero-order chi connectivity index (χ0) is 9.84. The molecule has 0 aromatic rings. The molecule has 0 heterocycles. The van der Waals surface area contributed by atoms with Crippen molar-refractivity contribution in [1.29, 1.82) is 0 Å². The molecule has 0 amide bonds. The van der Waals surface area contributed by atoms with Gasteiger partial charge in [0.25, 0.3) is 0 Å². The molecule has 0 aromatic heterocycles. The number of ether oxygens (including phenoxy) is 1. The van der Waals surface area contributed by atoms with Crippen LogP contribution in [0.25, 0.3) is 0 Å². The second-order valence-corrected chi connectivity index (χ2v) is 3.34. The molecule has 1 rings (SSSR count). The van der Waals surface area contributed by atoms with Crippen molar-refractivity contribution in [3.63, 3.8) is 0 Å². The second kappa shape index (κ2) is 4.44. The first kappa shape index (κ1) is 10.3. The maximum absolute atomic E-state index is 10.9. The highest BCUT2D eigenvalue weighted by atomic mass is 35.5. The lowest BCUT2D eigenvalue weighted by Gasteiger charge is -2.14. The van der Waals surface area contributed by atoms with Crippen LogP contribution < -0.4 is 5.73 Å². The molecular formula is C9H12ClNO2. The number of halogens is 1. The Balaban J connectivity index is 2.59. The molecule has 0 fully saturated rings. The van der Waals surface area contributed by atoms with Gasteiger partial charge in [0.05, 0.1) is 13.5 Å². The van der Waals surface area contributed by atoms with Crippen molar-refractivity contribution in [2.24, 2.45) is 5.73 Å². The predicted octanol–water partition coefficient (Wildman–Crippen LogP) is 1.33. The Morgan fingerprint density at radius 1 is 1.85 bits per heavy atom. The molecule has 0 saturated carbocycles. The van der Waals surface area contributed by atoms with Crippen LogP contribution in [0.4, 0.5) is 0 Å². The second-order valence-electron chi connectivity index (χ2n) is 2.90. The monoisotopic (exact) mass is 201 g/mol. The van der Waals surface area contributed by atoms with E-state index in [-0.39, 0.29) is 18.4 Å². The van der Waals surface area contributed by atoms with Crippen molar-refractivity contribution < 1.29 is 9.53 Å². The highest BCUT2D eigenvalue weighted by Crippen LogP contribution is 2.21. The predicted molar refractivity (Wildman–Crippen MR) is 51.2 cm³/mol. The van der Waals surface area contributed by atoms with Crippen LogP contribution in [-0.4, -0.2) is 19.1 Å². The van der Waals surface area contributed by atoms with Crippen LogP contribution in [0.15, 0.2) is 22.8 Å². The summed E-state index contributed by atoms with van der Waals surface area (Å²) in [5.41, 5.74) is 6.52. The number of hydrogen-bond donors (Lipinski definition) is 1. The molecule has 0 aliphatic heterocycles. The quantitative estimate of drug-likeness (QED) is 0.686. The van der Waals surface area contributed by atoms with Gasteiger partial charge in [-0.2, -0.15) is 0 Å². The summed E-state index contributed by atoms with van der Waals surface area (Å²) in [6.07, 6.45) is 4.58. The van der Waals surface area contributed by atoms with Crippen LogP contribution in [0.3, 0.4) is 0 Å². The third kappa shape index (κ3) is 2.86. The number of methoxy groups -OCH3 is 1. The van der Waals surface area contributed by atoms with E-state index in [9.17, 15) is 4.79 Å². The highest BCUT2D eigenvalue weighted by Gasteiger charge is 2.13. The molecule has 1 aliphatic carbocycles. The van der Waals surface area contributed by atoms with Crippen LogP contribution >= 0.6 is 11.6 Å². The number of nitrogens with two attached hydrogens (primary N) is 1. The molecule has 0 bridgehead atoms. The largest absolute Gasteiger partial charge is 0.469 e. The third-order valence-corrected chi connectivity index (χ3v) is 2.28. The van der Waals surface area contributed by atoms with E-state index >= 15 is 0 Å². The molecular weight excluding hydrogens is 190 g/mol. The fourth-order valence-corrected chi connectivity index (χ4v) is 1.33. The van der Waals surface area contributed by atoms with Gasteiger partial charge < -0.3 is 10.5 Å². The Hall–Kier alpha value is -0.800. The number of esters is 1. The average molecular weight is 202 g/mol. The molecule has 3 nitrogen and oxygen atoms in total. The van der Waals surface area contributed by atoms with Crippen molar-refractivity contribution >= 4 is 17.6 Å². The molecule has 0 saturated heterocycles. The minimum Gasteiger partial charge on any atom is -0.469 e. The van der Waals surface area contributed by atoms with Crippen molar-refractivity contribution in [3.05, 3.63) is 22.8 Å². The third-order valence-electron chi connectivity index (χ3n) is 1.89. The number of carbonyl (C=O) groups excluding carboxylic acids is 1. The van der Waals surface area contributed by atoms with Crippen LogP contribution in [0.1, 0.15) is 12.8 Å². The summed E-state index contributed by atoms with van der Waals surface area (Å²) in [4.78, 5) is 10.9. The van der Waals surface area contributed by atoms with Crippen LogP contribution in [0, 0.1) is 0 Å². The van der Waals surface area contributed by atoms with E-state index in [0.717, 1.165) is 5.57 Å². The first-order chi connectivity index (χ1) is 6.13. The highest BCUT2D eigenvalue weighted by molar-refractivity contribution is 6.30. The fourth-order valence-electron chi connectivity index (χ4n) is 1.10. The number of allylic oxidation sites excluding steroid dienone is 1. The fraction of sp³-hybridized carbons (Fsp3) is 0.444. The molecule has 72 valence electrons. The summed E-state index contributed by atoms with van der Waals surface area (Å²) in [6.45, 7) is 0. The van der Waals surface area contributed by atoms with E-state index in [1.807, 2.05) is 6.08 Å². The zero-order valence-corrected chi connectivity index (χ0v) is 8.17. The van der Waals surface area contributed by atoms with Crippen LogP contribution in [-0.2, 0) is 9.53 Å². The van der Waals surface area contributed by atoms with Gasteiger partial charge in [-0.1, -0.05) is 17.7 Å². The minimum atomic E-state index is -0.262. The average Bonchev–Trinajstić information content (AvgIpc) is 2.11. The lowest BCUT2D eigenvalue weighted by molar-refractivity contribution is -0.139. The summed E-state index contributed by atoms with van der Waals surface area (Å²) in [7, 11) is 1.36. The maximum Gasteiger partial charge on any atom is 0.309 e. The van der Waals surface area contributed by atoms with Crippen molar-refractivity contribution in [2.45, 2.75) is 18.9 Å². The van der Waals surface area contributed by atoms with Crippen molar-refractivity contribution in [2.75, 3.05) is 7.11 Å². The van der Waals surface area contributed by atoms with Gasteiger partial charge in [-0.3, -0.25) is 4.79 Å². The molecule has 2 N–H and O–H groups in total. The molecule has 0 aromatic carbocycles. The summed E-state index contributed by atoms with van der Waals surface area (Å²) in [5, 5.41) is 0.599. The summed E-state index contributed by atoms with van der Waals surface area (Å²) < 4.78 is 4.53. The summed E-state index contributed by atoms with van der Waals surface area (Å²) in [6, 6.07) is -0.122. The molecule has 1 atom stereocenters. The SMILES string of the molecule is COC(=O)CC1=CCC(N)C(Cl)=C1. The smallest absolute Gasteiger partial charge is 0.309 e. The van der Waals surface area contributed by atoms with E-state index in [1.165, 1.54) is 7.11 Å². The van der Waals surface area contributed by atoms with Gasteiger partial charge in [-0.05, 0) is 18.1 Å². The van der Waals surface area contributed by atoms with Gasteiger partial charge in [0.2, 0.25) is 0 Å². The number of hydrogen-bond acceptors (Lipinski definition) is 3. The lowest BCUT2D eigenvalue weighted by atomic mass is 10.0. The first-order valence-corrected chi connectivity index (χ1v) is 4.40. The van der Waals surface area contributed by atoms with Crippen molar-refractivity contribution in [1.82, 2.24) is 0 Å². The van der Waals surface area contributed by atoms with Crippen molar-refractivity contribution in [3.8, 4) is 0 Å². The molecule has 1 unspecified atom stereocenters. The molecule has 4 heteroatoms. The molecule has 13 heavy (non-hydrogen) atoms. The minimum absolute atomic E-state index is 0.122. The normalized spacial score (nSPS) is 21.9. The number of rotatable bonds is 2. The summed E-state index contributed by atoms with van der Waals surface area (Å²) >= 11 is 5.83. The zero-order valence-electron chi connectivity index (χ0n) is 7.42. The van der Waals surface area contributed by atoms with E-state index in [4.69, 9.17) is 17.3 Å². The molecule has 0 spiro atoms. The van der Waals surface area contributed by atoms with Gasteiger partial charge in [0.1, 0.15) is 0 Å². The van der Waals surface area contributed by atoms with Gasteiger partial charge in [0, 0.05) is 11.1 Å². The Morgan fingerprint density at radius 3 is 3.08 bits per heavy atom. The van der Waals surface area contributed by atoms with Gasteiger partial charge in [-0.25, -0.2) is 0 Å². The summed E-state index contributed by atoms with van der Waals surface area (Å²) in [5.74, 6) is -0.262. The van der Waals surface area contributed by atoms with Crippen LogP contribution in [0.2, 0.25) is 0 Å². The topological polar surface area (TPSA) is 52.3 Å². The van der Waals surface area contributed by atoms with E-state index in [1.54, 1.807) is 6.08 Å². The van der Waals surface area contributed by atoms with Gasteiger partial charge >= 0.3 is 5.97 Å². The first-order valence-electron chi connectivity index (χ1n) is 4.02.